The van der Waals surface area contributed by atoms with Crippen molar-refractivity contribution in [2.45, 2.75) is 25.6 Å². The molecule has 0 aromatic heterocycles. The summed E-state index contributed by atoms with van der Waals surface area (Å²) in [6.07, 6.45) is 0.682. The van der Waals surface area contributed by atoms with Crippen molar-refractivity contribution < 1.29 is 4.79 Å². The first-order valence-electron chi connectivity index (χ1n) is 5.01. The van der Waals surface area contributed by atoms with Crippen LogP contribution in [-0.2, 0) is 11.2 Å². The van der Waals surface area contributed by atoms with Crippen LogP contribution in [0.5, 0.6) is 0 Å². The third kappa shape index (κ3) is 3.39. The molecule has 88 valence electrons. The van der Waals surface area contributed by atoms with Crippen LogP contribution in [0.15, 0.2) is 24.3 Å². The number of hydrogen-bond acceptors (Lipinski definition) is 1. The Morgan fingerprint density at radius 3 is 2.31 bits per heavy atom. The predicted octanol–water partition coefficient (Wildman–Crippen LogP) is 3.00. The van der Waals surface area contributed by atoms with Gasteiger partial charge in [0.1, 0.15) is 5.38 Å². The van der Waals surface area contributed by atoms with Crippen LogP contribution in [0.1, 0.15) is 19.4 Å². The Morgan fingerprint density at radius 1 is 1.38 bits per heavy atom. The zero-order valence-corrected chi connectivity index (χ0v) is 10.8. The summed E-state index contributed by atoms with van der Waals surface area (Å²) in [5.41, 5.74) is 5.92. The third-order valence-corrected chi connectivity index (χ3v) is 3.57. The molecule has 1 rings (SSSR count). The van der Waals surface area contributed by atoms with Gasteiger partial charge in [-0.05, 0) is 29.5 Å². The number of rotatable bonds is 4. The quantitative estimate of drug-likeness (QED) is 0.831. The van der Waals surface area contributed by atoms with Gasteiger partial charge in [-0.25, -0.2) is 0 Å². The van der Waals surface area contributed by atoms with Crippen molar-refractivity contribution in [1.82, 2.24) is 0 Å². The molecule has 0 fully saturated rings. The van der Waals surface area contributed by atoms with E-state index in [-0.39, 0.29) is 5.41 Å². The normalized spacial score (nSPS) is 13.5. The van der Waals surface area contributed by atoms with Gasteiger partial charge in [-0.2, -0.15) is 0 Å². The molecule has 0 aliphatic heterocycles. The van der Waals surface area contributed by atoms with Crippen LogP contribution < -0.4 is 5.73 Å². The molecule has 0 bridgehead atoms. The smallest absolute Gasteiger partial charge is 0.236 e. The van der Waals surface area contributed by atoms with E-state index >= 15 is 0 Å². The SMILES string of the molecule is CC(C)(Cc1ccc(Cl)cc1)C(Cl)C(N)=O. The van der Waals surface area contributed by atoms with Gasteiger partial charge in [0.15, 0.2) is 0 Å². The maximum atomic E-state index is 11.1. The van der Waals surface area contributed by atoms with E-state index < -0.39 is 11.3 Å². The average Bonchev–Trinajstić information content (AvgIpc) is 2.20. The van der Waals surface area contributed by atoms with Gasteiger partial charge in [-0.3, -0.25) is 4.79 Å². The number of nitrogens with two attached hydrogens (primary N) is 1. The molecule has 1 aromatic carbocycles. The van der Waals surface area contributed by atoms with Crippen LogP contribution in [-0.4, -0.2) is 11.3 Å². The summed E-state index contributed by atoms with van der Waals surface area (Å²) in [5, 5.41) is 0.0158. The van der Waals surface area contributed by atoms with Crippen molar-refractivity contribution in [2.75, 3.05) is 0 Å². The summed E-state index contributed by atoms with van der Waals surface area (Å²) in [6, 6.07) is 7.49. The van der Waals surface area contributed by atoms with Crippen molar-refractivity contribution in [1.29, 1.82) is 0 Å². The Balaban J connectivity index is 2.79. The number of carbonyl (C=O) groups is 1. The number of amides is 1. The summed E-state index contributed by atoms with van der Waals surface area (Å²) < 4.78 is 0. The summed E-state index contributed by atoms with van der Waals surface area (Å²) in [6.45, 7) is 3.84. The molecule has 0 saturated heterocycles. The largest absolute Gasteiger partial charge is 0.368 e. The van der Waals surface area contributed by atoms with E-state index in [2.05, 4.69) is 0 Å². The van der Waals surface area contributed by atoms with Gasteiger partial charge in [0.05, 0.1) is 0 Å². The standard InChI is InChI=1S/C12H15Cl2NO/c1-12(2,10(14)11(15)16)7-8-3-5-9(13)6-4-8/h3-6,10H,7H2,1-2H3,(H2,15,16). The molecule has 1 aromatic rings. The molecular formula is C12H15Cl2NO. The maximum Gasteiger partial charge on any atom is 0.236 e. The van der Waals surface area contributed by atoms with Crippen molar-refractivity contribution in [3.63, 3.8) is 0 Å². The fraction of sp³-hybridized carbons (Fsp3) is 0.417. The van der Waals surface area contributed by atoms with E-state index in [1.807, 2.05) is 38.1 Å². The molecule has 0 saturated carbocycles. The molecule has 0 spiro atoms. The van der Waals surface area contributed by atoms with Crippen molar-refractivity contribution in [3.8, 4) is 0 Å². The van der Waals surface area contributed by atoms with Crippen LogP contribution in [0.4, 0.5) is 0 Å². The molecule has 1 amide bonds. The van der Waals surface area contributed by atoms with Crippen molar-refractivity contribution in [3.05, 3.63) is 34.9 Å². The molecule has 1 unspecified atom stereocenters. The van der Waals surface area contributed by atoms with Crippen LogP contribution >= 0.6 is 23.2 Å². The van der Waals surface area contributed by atoms with Crippen molar-refractivity contribution >= 4 is 29.1 Å². The number of alkyl halides is 1. The summed E-state index contributed by atoms with van der Waals surface area (Å²) in [4.78, 5) is 11.1. The molecule has 0 aliphatic rings. The highest BCUT2D eigenvalue weighted by molar-refractivity contribution is 6.31. The number of carbonyl (C=O) groups excluding carboxylic acids is 1. The second-order valence-corrected chi connectivity index (χ2v) is 5.43. The first-order chi connectivity index (χ1) is 7.33. The van der Waals surface area contributed by atoms with Gasteiger partial charge in [-0.15, -0.1) is 11.6 Å². The fourth-order valence-electron chi connectivity index (χ4n) is 1.60. The number of hydrogen-bond donors (Lipinski definition) is 1. The van der Waals surface area contributed by atoms with E-state index in [1.165, 1.54) is 0 Å². The van der Waals surface area contributed by atoms with Gasteiger partial charge in [0, 0.05) is 5.02 Å². The van der Waals surface area contributed by atoms with Gasteiger partial charge in [0.2, 0.25) is 5.91 Å². The molecule has 1 atom stereocenters. The number of halogens is 2. The lowest BCUT2D eigenvalue weighted by atomic mass is 9.82. The minimum Gasteiger partial charge on any atom is -0.368 e. The van der Waals surface area contributed by atoms with E-state index in [0.29, 0.717) is 11.4 Å². The van der Waals surface area contributed by atoms with E-state index in [4.69, 9.17) is 28.9 Å². The highest BCUT2D eigenvalue weighted by atomic mass is 35.5. The first-order valence-corrected chi connectivity index (χ1v) is 5.82. The van der Waals surface area contributed by atoms with Crippen LogP contribution in [0.2, 0.25) is 5.02 Å². The van der Waals surface area contributed by atoms with E-state index in [9.17, 15) is 4.79 Å². The summed E-state index contributed by atoms with van der Waals surface area (Å²) >= 11 is 11.8. The first kappa shape index (κ1) is 13.3. The zero-order valence-electron chi connectivity index (χ0n) is 9.34. The average molecular weight is 260 g/mol. The highest BCUT2D eigenvalue weighted by Gasteiger charge is 2.32. The zero-order chi connectivity index (χ0) is 12.3. The molecule has 0 radical (unpaired) electrons. The lowest BCUT2D eigenvalue weighted by molar-refractivity contribution is -0.119. The Bertz CT molecular complexity index is 373. The van der Waals surface area contributed by atoms with Crippen LogP contribution in [0, 0.1) is 5.41 Å². The monoisotopic (exact) mass is 259 g/mol. The van der Waals surface area contributed by atoms with Crippen molar-refractivity contribution in [2.24, 2.45) is 11.1 Å². The molecule has 16 heavy (non-hydrogen) atoms. The van der Waals surface area contributed by atoms with E-state index in [0.717, 1.165) is 5.56 Å². The second-order valence-electron chi connectivity index (χ2n) is 4.56. The molecule has 0 aliphatic carbocycles. The molecular weight excluding hydrogens is 245 g/mol. The Labute approximate surface area is 106 Å². The lowest BCUT2D eigenvalue weighted by Crippen LogP contribution is -2.38. The Morgan fingerprint density at radius 2 is 1.88 bits per heavy atom. The van der Waals surface area contributed by atoms with Crippen LogP contribution in [0.25, 0.3) is 0 Å². The maximum absolute atomic E-state index is 11.1. The molecule has 2 N–H and O–H groups in total. The third-order valence-electron chi connectivity index (χ3n) is 2.51. The molecule has 4 heteroatoms. The second kappa shape index (κ2) is 5.07. The fourth-order valence-corrected chi connectivity index (χ4v) is 1.81. The van der Waals surface area contributed by atoms with Gasteiger partial charge in [-0.1, -0.05) is 37.6 Å². The summed E-state index contributed by atoms with van der Waals surface area (Å²) in [7, 11) is 0. The Kier molecular flexibility index (Phi) is 4.22. The molecule has 0 heterocycles. The minimum absolute atomic E-state index is 0.374. The predicted molar refractivity (Wildman–Crippen MR) is 67.8 cm³/mol. The lowest BCUT2D eigenvalue weighted by Gasteiger charge is -2.28. The number of benzene rings is 1. The van der Waals surface area contributed by atoms with Gasteiger partial charge < -0.3 is 5.73 Å². The Hall–Kier alpha value is -0.730. The van der Waals surface area contributed by atoms with Gasteiger partial charge in [0.25, 0.3) is 0 Å². The number of primary amides is 1. The van der Waals surface area contributed by atoms with Crippen LogP contribution in [0.3, 0.4) is 0 Å². The van der Waals surface area contributed by atoms with E-state index in [1.54, 1.807) is 0 Å². The summed E-state index contributed by atoms with van der Waals surface area (Å²) in [5.74, 6) is -0.486. The van der Waals surface area contributed by atoms with Gasteiger partial charge >= 0.3 is 0 Å². The minimum atomic E-state index is -0.678. The topological polar surface area (TPSA) is 43.1 Å². The highest BCUT2D eigenvalue weighted by Crippen LogP contribution is 2.30. The molecule has 2 nitrogen and oxygen atoms in total.